The Morgan fingerprint density at radius 1 is 1.03 bits per heavy atom. The van der Waals surface area contributed by atoms with Crippen LogP contribution in [0.2, 0.25) is 0 Å². The molecular formula is C27H23BrN2O4S. The van der Waals surface area contributed by atoms with Gasteiger partial charge >= 0.3 is 0 Å². The van der Waals surface area contributed by atoms with Crippen molar-refractivity contribution in [1.29, 1.82) is 0 Å². The molecule has 0 aliphatic carbocycles. The van der Waals surface area contributed by atoms with Gasteiger partial charge in [-0.05, 0) is 81.6 Å². The molecule has 3 aromatic rings. The molecule has 178 valence electrons. The molecule has 1 heterocycles. The van der Waals surface area contributed by atoms with Crippen LogP contribution in [0.1, 0.15) is 23.6 Å². The van der Waals surface area contributed by atoms with Crippen molar-refractivity contribution in [3.05, 3.63) is 93.5 Å². The Hall–Kier alpha value is -3.49. The Morgan fingerprint density at radius 3 is 2.40 bits per heavy atom. The number of rotatable bonds is 7. The summed E-state index contributed by atoms with van der Waals surface area (Å²) in [6.07, 6.45) is 2.39. The van der Waals surface area contributed by atoms with Crippen LogP contribution < -0.4 is 19.7 Å². The normalized spacial score (nSPS) is 14.8. The maximum Gasteiger partial charge on any atom is 0.270 e. The predicted octanol–water partition coefficient (Wildman–Crippen LogP) is 5.43. The first kappa shape index (κ1) is 24.6. The van der Waals surface area contributed by atoms with E-state index in [4.69, 9.17) is 21.7 Å². The topological polar surface area (TPSA) is 67.9 Å². The van der Waals surface area contributed by atoms with Crippen molar-refractivity contribution in [2.24, 2.45) is 0 Å². The number of halogens is 1. The molecule has 0 saturated carbocycles. The second-order valence-electron chi connectivity index (χ2n) is 7.79. The van der Waals surface area contributed by atoms with E-state index in [1.807, 2.05) is 54.6 Å². The first-order valence-corrected chi connectivity index (χ1v) is 12.2. The van der Waals surface area contributed by atoms with Crippen molar-refractivity contribution in [2.75, 3.05) is 12.0 Å². The summed E-state index contributed by atoms with van der Waals surface area (Å²) in [7, 11) is 1.53. The number of ether oxygens (including phenoxy) is 2. The lowest BCUT2D eigenvalue weighted by molar-refractivity contribution is -0.122. The van der Waals surface area contributed by atoms with E-state index in [0.29, 0.717) is 33.8 Å². The van der Waals surface area contributed by atoms with Gasteiger partial charge in [0.05, 0.1) is 17.3 Å². The van der Waals surface area contributed by atoms with Gasteiger partial charge in [0.1, 0.15) is 12.2 Å². The minimum Gasteiger partial charge on any atom is -0.493 e. The van der Waals surface area contributed by atoms with Crippen molar-refractivity contribution in [2.45, 2.75) is 20.0 Å². The molecule has 1 saturated heterocycles. The Morgan fingerprint density at radius 2 is 1.74 bits per heavy atom. The molecule has 3 aromatic carbocycles. The fourth-order valence-corrected chi connectivity index (χ4v) is 4.49. The molecule has 1 aliphatic heterocycles. The molecule has 2 amide bonds. The number of carbonyl (C=O) groups is 2. The van der Waals surface area contributed by atoms with E-state index in [9.17, 15) is 9.59 Å². The Bertz CT molecular complexity index is 1310. The molecule has 0 spiro atoms. The number of amides is 2. The van der Waals surface area contributed by atoms with Gasteiger partial charge < -0.3 is 9.47 Å². The number of nitrogens with zero attached hydrogens (tertiary/aromatic N) is 1. The minimum absolute atomic E-state index is 0.0370. The summed E-state index contributed by atoms with van der Waals surface area (Å²) in [6.45, 7) is 2.41. The molecule has 0 unspecified atom stereocenters. The third-order valence-corrected chi connectivity index (χ3v) is 6.37. The molecule has 8 heteroatoms. The van der Waals surface area contributed by atoms with Gasteiger partial charge in [0, 0.05) is 0 Å². The first-order valence-electron chi connectivity index (χ1n) is 11.0. The van der Waals surface area contributed by atoms with Gasteiger partial charge in [0.25, 0.3) is 11.8 Å². The molecule has 0 radical (unpaired) electrons. The second kappa shape index (κ2) is 10.8. The summed E-state index contributed by atoms with van der Waals surface area (Å²) in [4.78, 5) is 27.3. The van der Waals surface area contributed by atoms with Crippen LogP contribution in [0.3, 0.4) is 0 Å². The quantitative estimate of drug-likeness (QED) is 0.241. The smallest absolute Gasteiger partial charge is 0.270 e. The van der Waals surface area contributed by atoms with E-state index in [0.717, 1.165) is 17.5 Å². The zero-order valence-electron chi connectivity index (χ0n) is 19.2. The van der Waals surface area contributed by atoms with E-state index in [1.165, 1.54) is 18.1 Å². The Labute approximate surface area is 217 Å². The number of aryl methyl sites for hydroxylation is 1. The predicted molar refractivity (Wildman–Crippen MR) is 143 cm³/mol. The van der Waals surface area contributed by atoms with Gasteiger partial charge in [-0.1, -0.05) is 49.4 Å². The van der Waals surface area contributed by atoms with Crippen LogP contribution in [0, 0.1) is 0 Å². The standard InChI is InChI=1S/C27H23BrN2O4S/c1-3-17-9-11-20(12-10-17)30-26(32)21(25(31)29-27(30)35)13-19-14-22(28)24(23(15-19)33-2)34-16-18-7-5-4-6-8-18/h4-15H,3,16H2,1-2H3,(H,29,31,35)/b21-13+. The van der Waals surface area contributed by atoms with E-state index < -0.39 is 11.8 Å². The molecule has 4 rings (SSSR count). The van der Waals surface area contributed by atoms with E-state index in [2.05, 4.69) is 28.2 Å². The highest BCUT2D eigenvalue weighted by Crippen LogP contribution is 2.38. The molecule has 35 heavy (non-hydrogen) atoms. The maximum atomic E-state index is 13.3. The number of methoxy groups -OCH3 is 1. The highest BCUT2D eigenvalue weighted by atomic mass is 79.9. The molecule has 1 aliphatic rings. The van der Waals surface area contributed by atoms with Crippen molar-refractivity contribution in [3.63, 3.8) is 0 Å². The van der Waals surface area contributed by atoms with Crippen molar-refractivity contribution in [1.82, 2.24) is 5.32 Å². The zero-order valence-corrected chi connectivity index (χ0v) is 21.6. The lowest BCUT2D eigenvalue weighted by atomic mass is 10.1. The van der Waals surface area contributed by atoms with Gasteiger partial charge in [0.15, 0.2) is 16.6 Å². The van der Waals surface area contributed by atoms with Gasteiger partial charge in [-0.3, -0.25) is 19.8 Å². The summed E-state index contributed by atoms with van der Waals surface area (Å²) in [5.41, 5.74) is 3.29. The van der Waals surface area contributed by atoms with E-state index >= 15 is 0 Å². The number of thiocarbonyl (C=S) groups is 1. The van der Waals surface area contributed by atoms with Crippen LogP contribution >= 0.6 is 28.1 Å². The number of carbonyl (C=O) groups excluding carboxylic acids is 2. The van der Waals surface area contributed by atoms with Gasteiger partial charge in [-0.2, -0.15) is 0 Å². The van der Waals surface area contributed by atoms with E-state index in [-0.39, 0.29) is 10.7 Å². The third kappa shape index (κ3) is 5.44. The van der Waals surface area contributed by atoms with Crippen LogP contribution in [0.5, 0.6) is 11.5 Å². The highest BCUT2D eigenvalue weighted by molar-refractivity contribution is 9.10. The molecule has 1 fully saturated rings. The van der Waals surface area contributed by atoms with Gasteiger partial charge in [-0.15, -0.1) is 0 Å². The average Bonchev–Trinajstić information content (AvgIpc) is 2.86. The molecular weight excluding hydrogens is 528 g/mol. The largest absolute Gasteiger partial charge is 0.493 e. The lowest BCUT2D eigenvalue weighted by Gasteiger charge is -2.29. The van der Waals surface area contributed by atoms with Crippen LogP contribution in [0.25, 0.3) is 6.08 Å². The summed E-state index contributed by atoms with van der Waals surface area (Å²) in [6, 6.07) is 20.8. The first-order chi connectivity index (χ1) is 16.9. The molecule has 6 nitrogen and oxygen atoms in total. The zero-order chi connectivity index (χ0) is 24.9. The SMILES string of the molecule is CCc1ccc(N2C(=O)/C(=C/c3cc(Br)c(OCc4ccccc4)c(OC)c3)C(=O)NC2=S)cc1. The number of hydrogen-bond donors (Lipinski definition) is 1. The fourth-order valence-electron chi connectivity index (χ4n) is 3.63. The highest BCUT2D eigenvalue weighted by Gasteiger charge is 2.34. The maximum absolute atomic E-state index is 13.3. The fraction of sp³-hybridized carbons (Fsp3) is 0.148. The van der Waals surface area contributed by atoms with Gasteiger partial charge in [-0.25, -0.2) is 0 Å². The lowest BCUT2D eigenvalue weighted by Crippen LogP contribution is -2.54. The number of anilines is 1. The van der Waals surface area contributed by atoms with Crippen molar-refractivity contribution < 1.29 is 19.1 Å². The molecule has 0 atom stereocenters. The van der Waals surface area contributed by atoms with Crippen LogP contribution in [-0.4, -0.2) is 24.0 Å². The minimum atomic E-state index is -0.555. The van der Waals surface area contributed by atoms with Crippen molar-refractivity contribution in [3.8, 4) is 11.5 Å². The molecule has 0 aromatic heterocycles. The molecule has 1 N–H and O–H groups in total. The summed E-state index contributed by atoms with van der Waals surface area (Å²) < 4.78 is 12.1. The number of nitrogens with one attached hydrogen (secondary N) is 1. The van der Waals surface area contributed by atoms with Crippen LogP contribution in [0.15, 0.2) is 76.8 Å². The van der Waals surface area contributed by atoms with Gasteiger partial charge in [0.2, 0.25) is 0 Å². The van der Waals surface area contributed by atoms with Crippen molar-refractivity contribution >= 4 is 56.8 Å². The van der Waals surface area contributed by atoms with Crippen LogP contribution in [-0.2, 0) is 22.6 Å². The third-order valence-electron chi connectivity index (χ3n) is 5.49. The number of benzene rings is 3. The Kier molecular flexibility index (Phi) is 7.63. The summed E-state index contributed by atoms with van der Waals surface area (Å²) in [5, 5.41) is 2.66. The average molecular weight is 551 g/mol. The van der Waals surface area contributed by atoms with E-state index in [1.54, 1.807) is 12.1 Å². The van der Waals surface area contributed by atoms with Crippen LogP contribution in [0.4, 0.5) is 5.69 Å². The molecule has 0 bridgehead atoms. The summed E-state index contributed by atoms with van der Waals surface area (Å²) in [5.74, 6) is -0.0616. The Balaban J connectivity index is 1.63. The number of hydrogen-bond acceptors (Lipinski definition) is 5. The second-order valence-corrected chi connectivity index (χ2v) is 9.03. The summed E-state index contributed by atoms with van der Waals surface area (Å²) >= 11 is 8.82. The monoisotopic (exact) mass is 550 g/mol.